The Hall–Kier alpha value is -1.35. The van der Waals surface area contributed by atoms with E-state index < -0.39 is 0 Å². The van der Waals surface area contributed by atoms with Gasteiger partial charge >= 0.3 is 0 Å². The molecular weight excluding hydrogens is 200 g/mol. The van der Waals surface area contributed by atoms with Crippen LogP contribution in [-0.4, -0.2) is 37.0 Å². The van der Waals surface area contributed by atoms with Gasteiger partial charge in [-0.05, 0) is 12.5 Å². The van der Waals surface area contributed by atoms with E-state index >= 15 is 0 Å². The van der Waals surface area contributed by atoms with Gasteiger partial charge in [0, 0.05) is 20.1 Å². The molecular formula is C13H18N2O. The molecule has 3 nitrogen and oxygen atoms in total. The zero-order valence-electron chi connectivity index (χ0n) is 9.86. The fraction of sp³-hybridized carbons (Fsp3) is 0.462. The summed E-state index contributed by atoms with van der Waals surface area (Å²) in [5.41, 5.74) is 2.31. The molecule has 1 amide bonds. The van der Waals surface area contributed by atoms with Crippen LogP contribution in [-0.2, 0) is 11.2 Å². The first-order valence-electron chi connectivity index (χ1n) is 5.69. The smallest absolute Gasteiger partial charge is 0.227 e. The van der Waals surface area contributed by atoms with E-state index in [0.717, 1.165) is 18.7 Å². The number of rotatable bonds is 3. The lowest BCUT2D eigenvalue weighted by Crippen LogP contribution is -2.57. The molecule has 1 heterocycles. The number of carbonyl (C=O) groups is 1. The van der Waals surface area contributed by atoms with E-state index in [-0.39, 0.29) is 5.91 Å². The number of aryl methyl sites for hydroxylation is 1. The molecule has 1 aromatic carbocycles. The molecule has 1 aromatic rings. The molecule has 0 atom stereocenters. The molecule has 0 aromatic heterocycles. The maximum Gasteiger partial charge on any atom is 0.227 e. The van der Waals surface area contributed by atoms with Crippen LogP contribution in [0.2, 0.25) is 0 Å². The van der Waals surface area contributed by atoms with Crippen molar-refractivity contribution in [3.8, 4) is 0 Å². The molecule has 0 aliphatic carbocycles. The Morgan fingerprint density at radius 2 is 2.25 bits per heavy atom. The van der Waals surface area contributed by atoms with Crippen LogP contribution in [0.1, 0.15) is 11.1 Å². The topological polar surface area (TPSA) is 32.3 Å². The summed E-state index contributed by atoms with van der Waals surface area (Å²) in [6, 6.07) is 8.52. The SMILES string of the molecule is Cc1cccc(CC(=O)N(C)C2CNC2)c1. The highest BCUT2D eigenvalue weighted by atomic mass is 16.2. The van der Waals surface area contributed by atoms with Crippen LogP contribution in [0.3, 0.4) is 0 Å². The Balaban J connectivity index is 1.96. The Bertz CT molecular complexity index is 385. The van der Waals surface area contributed by atoms with E-state index in [4.69, 9.17) is 0 Å². The summed E-state index contributed by atoms with van der Waals surface area (Å²) >= 11 is 0. The highest BCUT2D eigenvalue weighted by Gasteiger charge is 2.24. The Morgan fingerprint density at radius 3 is 2.81 bits per heavy atom. The van der Waals surface area contributed by atoms with Crippen molar-refractivity contribution in [3.63, 3.8) is 0 Å². The second kappa shape index (κ2) is 4.66. The first-order chi connectivity index (χ1) is 7.66. The normalized spacial score (nSPS) is 15.6. The third-order valence-corrected chi connectivity index (χ3v) is 3.14. The maximum absolute atomic E-state index is 12.0. The molecule has 16 heavy (non-hydrogen) atoms. The number of hydrogen-bond acceptors (Lipinski definition) is 2. The summed E-state index contributed by atoms with van der Waals surface area (Å²) < 4.78 is 0. The van der Waals surface area contributed by atoms with Gasteiger partial charge in [-0.1, -0.05) is 29.8 Å². The van der Waals surface area contributed by atoms with Crippen molar-refractivity contribution >= 4 is 5.91 Å². The number of carbonyl (C=O) groups excluding carboxylic acids is 1. The molecule has 0 bridgehead atoms. The fourth-order valence-electron chi connectivity index (χ4n) is 1.87. The number of nitrogens with one attached hydrogen (secondary N) is 1. The Morgan fingerprint density at radius 1 is 1.50 bits per heavy atom. The van der Waals surface area contributed by atoms with Crippen LogP contribution in [0.4, 0.5) is 0 Å². The minimum atomic E-state index is 0.206. The van der Waals surface area contributed by atoms with Gasteiger partial charge in [-0.2, -0.15) is 0 Å². The van der Waals surface area contributed by atoms with Crippen molar-refractivity contribution in [1.82, 2.24) is 10.2 Å². The van der Waals surface area contributed by atoms with Gasteiger partial charge in [-0.15, -0.1) is 0 Å². The molecule has 0 radical (unpaired) electrons. The van der Waals surface area contributed by atoms with Gasteiger partial charge in [0.15, 0.2) is 0 Å². The second-order valence-electron chi connectivity index (χ2n) is 4.48. The quantitative estimate of drug-likeness (QED) is 0.820. The Labute approximate surface area is 96.5 Å². The van der Waals surface area contributed by atoms with E-state index in [1.165, 1.54) is 5.56 Å². The maximum atomic E-state index is 12.0. The van der Waals surface area contributed by atoms with Crippen molar-refractivity contribution in [1.29, 1.82) is 0 Å². The van der Waals surface area contributed by atoms with Crippen molar-refractivity contribution in [3.05, 3.63) is 35.4 Å². The molecule has 1 aliphatic rings. The van der Waals surface area contributed by atoms with E-state index in [2.05, 4.69) is 11.4 Å². The lowest BCUT2D eigenvalue weighted by Gasteiger charge is -2.35. The van der Waals surface area contributed by atoms with Gasteiger partial charge in [-0.25, -0.2) is 0 Å². The van der Waals surface area contributed by atoms with Crippen molar-refractivity contribution in [2.24, 2.45) is 0 Å². The molecule has 86 valence electrons. The third-order valence-electron chi connectivity index (χ3n) is 3.14. The molecule has 3 heteroatoms. The fourth-order valence-corrected chi connectivity index (χ4v) is 1.87. The van der Waals surface area contributed by atoms with Crippen LogP contribution in [0.5, 0.6) is 0 Å². The molecule has 1 aliphatic heterocycles. The molecule has 1 fully saturated rings. The van der Waals surface area contributed by atoms with Crippen molar-refractivity contribution in [2.75, 3.05) is 20.1 Å². The zero-order valence-corrected chi connectivity index (χ0v) is 9.86. The molecule has 2 rings (SSSR count). The number of likely N-dealkylation sites (N-methyl/N-ethyl adjacent to an activating group) is 1. The first-order valence-corrected chi connectivity index (χ1v) is 5.69. The molecule has 1 saturated heterocycles. The van der Waals surface area contributed by atoms with E-state index in [1.807, 2.05) is 37.1 Å². The zero-order chi connectivity index (χ0) is 11.5. The van der Waals surface area contributed by atoms with Gasteiger partial charge in [0.2, 0.25) is 5.91 Å². The second-order valence-corrected chi connectivity index (χ2v) is 4.48. The third kappa shape index (κ3) is 2.42. The number of hydrogen-bond donors (Lipinski definition) is 1. The van der Waals surface area contributed by atoms with Gasteiger partial charge in [-0.3, -0.25) is 4.79 Å². The average molecular weight is 218 g/mol. The van der Waals surface area contributed by atoms with Crippen molar-refractivity contribution < 1.29 is 4.79 Å². The average Bonchev–Trinajstić information content (AvgIpc) is 2.14. The first kappa shape index (κ1) is 11.1. The number of amides is 1. The lowest BCUT2D eigenvalue weighted by molar-refractivity contribution is -0.132. The van der Waals surface area contributed by atoms with E-state index in [9.17, 15) is 4.79 Å². The summed E-state index contributed by atoms with van der Waals surface area (Å²) in [6.07, 6.45) is 0.509. The van der Waals surface area contributed by atoms with Crippen LogP contribution >= 0.6 is 0 Å². The van der Waals surface area contributed by atoms with Gasteiger partial charge in [0.25, 0.3) is 0 Å². The van der Waals surface area contributed by atoms with Gasteiger partial charge < -0.3 is 10.2 Å². The van der Waals surface area contributed by atoms with Crippen LogP contribution in [0.15, 0.2) is 24.3 Å². The highest BCUT2D eigenvalue weighted by molar-refractivity contribution is 5.79. The predicted molar refractivity (Wildman–Crippen MR) is 64.3 cm³/mol. The highest BCUT2D eigenvalue weighted by Crippen LogP contribution is 2.09. The lowest BCUT2D eigenvalue weighted by atomic mass is 10.1. The van der Waals surface area contributed by atoms with Crippen molar-refractivity contribution in [2.45, 2.75) is 19.4 Å². The summed E-state index contributed by atoms with van der Waals surface area (Å²) in [7, 11) is 1.89. The van der Waals surface area contributed by atoms with Gasteiger partial charge in [0.1, 0.15) is 0 Å². The number of nitrogens with zero attached hydrogens (tertiary/aromatic N) is 1. The minimum absolute atomic E-state index is 0.206. The monoisotopic (exact) mass is 218 g/mol. The van der Waals surface area contributed by atoms with E-state index in [1.54, 1.807) is 0 Å². The van der Waals surface area contributed by atoms with Crippen LogP contribution in [0.25, 0.3) is 0 Å². The van der Waals surface area contributed by atoms with Crippen LogP contribution in [0, 0.1) is 6.92 Å². The standard InChI is InChI=1S/C13H18N2O/c1-10-4-3-5-11(6-10)7-13(16)15(2)12-8-14-9-12/h3-6,12,14H,7-9H2,1-2H3. The number of benzene rings is 1. The largest absolute Gasteiger partial charge is 0.340 e. The minimum Gasteiger partial charge on any atom is -0.340 e. The molecule has 0 spiro atoms. The molecule has 0 saturated carbocycles. The van der Waals surface area contributed by atoms with Gasteiger partial charge in [0.05, 0.1) is 12.5 Å². The summed E-state index contributed by atoms with van der Waals surface area (Å²) in [5, 5.41) is 3.18. The predicted octanol–water partition coefficient (Wildman–Crippen LogP) is 0.968. The van der Waals surface area contributed by atoms with E-state index in [0.29, 0.717) is 12.5 Å². The molecule has 1 N–H and O–H groups in total. The molecule has 0 unspecified atom stereocenters. The van der Waals surface area contributed by atoms with Crippen LogP contribution < -0.4 is 5.32 Å². The Kier molecular flexibility index (Phi) is 3.25. The summed E-state index contributed by atoms with van der Waals surface area (Å²) in [5.74, 6) is 0.206. The summed E-state index contributed by atoms with van der Waals surface area (Å²) in [4.78, 5) is 13.8. The summed E-state index contributed by atoms with van der Waals surface area (Å²) in [6.45, 7) is 3.90.